The van der Waals surface area contributed by atoms with Gasteiger partial charge in [-0.05, 0) is 36.5 Å². The minimum atomic E-state index is -0.376. The van der Waals surface area contributed by atoms with Gasteiger partial charge in [-0.15, -0.1) is 0 Å². The Morgan fingerprint density at radius 1 is 1.43 bits per heavy atom. The molecule has 1 aromatic carbocycles. The Hall–Kier alpha value is -2.26. The Morgan fingerprint density at radius 2 is 2.09 bits per heavy atom. The van der Waals surface area contributed by atoms with Crippen LogP contribution in [0.4, 0.5) is 11.4 Å². The van der Waals surface area contributed by atoms with Crippen LogP contribution in [0.2, 0.25) is 5.02 Å². The van der Waals surface area contributed by atoms with Crippen LogP contribution in [0.3, 0.4) is 0 Å². The van der Waals surface area contributed by atoms with Gasteiger partial charge in [0.25, 0.3) is 0 Å². The summed E-state index contributed by atoms with van der Waals surface area (Å²) in [6.07, 6.45) is 1.24. The third-order valence-electron chi connectivity index (χ3n) is 3.82. The highest BCUT2D eigenvalue weighted by atomic mass is 35.5. The molecule has 1 aromatic rings. The van der Waals surface area contributed by atoms with E-state index in [1.807, 2.05) is 12.1 Å². The summed E-state index contributed by atoms with van der Waals surface area (Å²) in [5, 5.41) is 20.5. The van der Waals surface area contributed by atoms with Crippen molar-refractivity contribution in [2.75, 3.05) is 23.4 Å². The lowest BCUT2D eigenvalue weighted by Gasteiger charge is -2.37. The number of amidine groups is 1. The average molecular weight is 333 g/mol. The van der Waals surface area contributed by atoms with Crippen molar-refractivity contribution in [3.63, 3.8) is 0 Å². The molecule has 122 valence electrons. The van der Waals surface area contributed by atoms with Gasteiger partial charge in [0.15, 0.2) is 5.84 Å². The van der Waals surface area contributed by atoms with Crippen LogP contribution in [0.1, 0.15) is 20.3 Å². The molecule has 1 fully saturated rings. The fourth-order valence-electron chi connectivity index (χ4n) is 2.96. The van der Waals surface area contributed by atoms with E-state index in [0.29, 0.717) is 22.5 Å². The lowest BCUT2D eigenvalue weighted by Crippen LogP contribution is -2.38. The second kappa shape index (κ2) is 7.34. The first-order valence-corrected chi connectivity index (χ1v) is 7.91. The first-order chi connectivity index (χ1) is 10.9. The normalized spacial score (nSPS) is 21.7. The number of piperidine rings is 1. The Morgan fingerprint density at radius 3 is 2.61 bits per heavy atom. The van der Waals surface area contributed by atoms with Crippen LogP contribution in [0.25, 0.3) is 0 Å². The molecule has 4 N–H and O–H groups in total. The Labute approximate surface area is 141 Å². The van der Waals surface area contributed by atoms with Gasteiger partial charge in [0.2, 0.25) is 5.71 Å². The number of nitrogens with two attached hydrogens (primary N) is 1. The molecule has 0 spiro atoms. The largest absolute Gasteiger partial charge is 0.382 e. The number of nitriles is 1. The van der Waals surface area contributed by atoms with E-state index in [2.05, 4.69) is 29.3 Å². The highest BCUT2D eigenvalue weighted by molar-refractivity contribution is 6.45. The molecule has 6 nitrogen and oxygen atoms in total. The number of benzene rings is 1. The van der Waals surface area contributed by atoms with E-state index in [0.717, 1.165) is 18.8 Å². The van der Waals surface area contributed by atoms with Crippen LogP contribution in [0, 0.1) is 28.6 Å². The molecule has 1 saturated heterocycles. The highest BCUT2D eigenvalue weighted by Gasteiger charge is 2.23. The molecule has 2 unspecified atom stereocenters. The fourth-order valence-corrected chi connectivity index (χ4v) is 3.26. The predicted molar refractivity (Wildman–Crippen MR) is 95.2 cm³/mol. The van der Waals surface area contributed by atoms with Gasteiger partial charge in [0.1, 0.15) is 6.07 Å². The van der Waals surface area contributed by atoms with Gasteiger partial charge in [-0.1, -0.05) is 25.4 Å². The topological polar surface area (TPSA) is 101 Å². The molecule has 0 aromatic heterocycles. The molecule has 23 heavy (non-hydrogen) atoms. The van der Waals surface area contributed by atoms with Crippen molar-refractivity contribution in [3.05, 3.63) is 23.2 Å². The molecule has 1 aliphatic rings. The van der Waals surface area contributed by atoms with Crippen molar-refractivity contribution in [1.29, 1.82) is 10.7 Å². The van der Waals surface area contributed by atoms with Crippen LogP contribution in [-0.2, 0) is 0 Å². The maximum atomic E-state index is 8.82. The third kappa shape index (κ3) is 4.36. The number of anilines is 2. The second-order valence-corrected chi connectivity index (χ2v) is 6.52. The quantitative estimate of drug-likeness (QED) is 0.448. The predicted octanol–water partition coefficient (Wildman–Crippen LogP) is 3.05. The third-order valence-corrected chi connectivity index (χ3v) is 4.12. The number of rotatable bonds is 4. The van der Waals surface area contributed by atoms with E-state index in [1.54, 1.807) is 12.1 Å². The second-order valence-electron chi connectivity index (χ2n) is 6.11. The molecule has 7 heteroatoms. The Bertz CT molecular complexity index is 653. The summed E-state index contributed by atoms with van der Waals surface area (Å²) in [6.45, 7) is 6.51. The number of nitrogens with zero attached hydrogens (tertiary/aromatic N) is 3. The van der Waals surface area contributed by atoms with E-state index in [4.69, 9.17) is 28.0 Å². The van der Waals surface area contributed by atoms with Crippen molar-refractivity contribution in [1.82, 2.24) is 0 Å². The van der Waals surface area contributed by atoms with Gasteiger partial charge in [-0.2, -0.15) is 10.4 Å². The first-order valence-electron chi connectivity index (χ1n) is 7.53. The summed E-state index contributed by atoms with van der Waals surface area (Å²) in [4.78, 5) is 2.31. The van der Waals surface area contributed by atoms with Crippen molar-refractivity contribution >= 4 is 34.5 Å². The molecule has 2 rings (SSSR count). The van der Waals surface area contributed by atoms with E-state index in [1.165, 1.54) is 6.42 Å². The van der Waals surface area contributed by atoms with E-state index >= 15 is 0 Å². The number of hydrogen-bond donors (Lipinski definition) is 3. The zero-order valence-electron chi connectivity index (χ0n) is 13.3. The minimum Gasteiger partial charge on any atom is -0.382 e. The molecule has 0 radical (unpaired) electrons. The van der Waals surface area contributed by atoms with Crippen molar-refractivity contribution in [2.45, 2.75) is 20.3 Å². The van der Waals surface area contributed by atoms with Gasteiger partial charge in [0, 0.05) is 13.1 Å². The average Bonchev–Trinajstić information content (AvgIpc) is 2.46. The van der Waals surface area contributed by atoms with Gasteiger partial charge < -0.3 is 10.6 Å². The van der Waals surface area contributed by atoms with Crippen LogP contribution in [0.5, 0.6) is 0 Å². The van der Waals surface area contributed by atoms with Gasteiger partial charge in [-0.25, -0.2) is 0 Å². The van der Waals surface area contributed by atoms with Crippen molar-refractivity contribution in [3.8, 4) is 6.07 Å². The van der Waals surface area contributed by atoms with Crippen LogP contribution in [0.15, 0.2) is 23.3 Å². The molecular formula is C16H21ClN6. The maximum Gasteiger partial charge on any atom is 0.201 e. The fraction of sp³-hybridized carbons (Fsp3) is 0.438. The van der Waals surface area contributed by atoms with E-state index in [9.17, 15) is 0 Å². The highest BCUT2D eigenvalue weighted by Crippen LogP contribution is 2.33. The molecule has 0 saturated carbocycles. The summed E-state index contributed by atoms with van der Waals surface area (Å²) in [7, 11) is 0. The minimum absolute atomic E-state index is 0.163. The van der Waals surface area contributed by atoms with Gasteiger partial charge in [-0.3, -0.25) is 10.8 Å². The monoisotopic (exact) mass is 332 g/mol. The zero-order valence-corrected chi connectivity index (χ0v) is 14.1. The summed E-state index contributed by atoms with van der Waals surface area (Å²) in [5.74, 6) is 0.913. The van der Waals surface area contributed by atoms with E-state index < -0.39 is 0 Å². The number of hydrazone groups is 1. The van der Waals surface area contributed by atoms with Gasteiger partial charge >= 0.3 is 0 Å². The molecule has 1 heterocycles. The van der Waals surface area contributed by atoms with Gasteiger partial charge in [0.05, 0.1) is 16.4 Å². The summed E-state index contributed by atoms with van der Waals surface area (Å²) >= 11 is 6.41. The lowest BCUT2D eigenvalue weighted by atomic mass is 9.91. The zero-order chi connectivity index (χ0) is 17.0. The first kappa shape index (κ1) is 17.1. The summed E-state index contributed by atoms with van der Waals surface area (Å²) in [5.41, 5.74) is 9.44. The molecule has 0 bridgehead atoms. The Balaban J connectivity index is 2.15. The van der Waals surface area contributed by atoms with Crippen LogP contribution >= 0.6 is 11.6 Å². The van der Waals surface area contributed by atoms with E-state index in [-0.39, 0.29) is 11.5 Å². The Kier molecular flexibility index (Phi) is 5.45. The van der Waals surface area contributed by atoms with Crippen LogP contribution < -0.4 is 16.1 Å². The SMILES string of the molecule is CC1CC(C)CN(c2ccc(N/N=C(\C#N)C(=N)N)cc2Cl)C1. The molecule has 0 aliphatic carbocycles. The number of halogens is 1. The lowest BCUT2D eigenvalue weighted by molar-refractivity contribution is 0.357. The molecule has 0 amide bonds. The number of nitrogens with one attached hydrogen (secondary N) is 2. The summed E-state index contributed by atoms with van der Waals surface area (Å²) < 4.78 is 0. The molecule has 2 atom stereocenters. The summed E-state index contributed by atoms with van der Waals surface area (Å²) in [6, 6.07) is 7.32. The molecule has 1 aliphatic heterocycles. The maximum absolute atomic E-state index is 8.82. The molecular weight excluding hydrogens is 312 g/mol. The van der Waals surface area contributed by atoms with Crippen molar-refractivity contribution in [2.24, 2.45) is 22.7 Å². The smallest absolute Gasteiger partial charge is 0.201 e. The standard InChI is InChI=1S/C16H21ClN6/c1-10-5-11(2)9-23(8-10)15-4-3-12(6-13(15)17)21-22-14(7-18)16(19)20/h3-4,6,10-11,21H,5,8-9H2,1-2H3,(H3,19,20)/b22-14+. The van der Waals surface area contributed by atoms with Crippen molar-refractivity contribution < 1.29 is 0 Å². The number of hydrogen-bond acceptors (Lipinski definition) is 5. The van der Waals surface area contributed by atoms with Crippen LogP contribution in [-0.4, -0.2) is 24.6 Å².